The first-order chi connectivity index (χ1) is 12.0. The third-order valence-electron chi connectivity index (χ3n) is 3.98. The lowest BCUT2D eigenvalue weighted by Crippen LogP contribution is -2.12. The van der Waals surface area contributed by atoms with Crippen LogP contribution in [0.5, 0.6) is 0 Å². The van der Waals surface area contributed by atoms with Crippen molar-refractivity contribution in [3.05, 3.63) is 77.0 Å². The number of aryl methyl sites for hydroxylation is 3. The molecular weight excluding hydrogens is 312 g/mol. The molecule has 0 saturated heterocycles. The zero-order valence-electron chi connectivity index (χ0n) is 14.5. The number of carbonyl (C=O) groups excluding carboxylic acids is 1. The molecule has 3 aromatic rings. The van der Waals surface area contributed by atoms with E-state index in [4.69, 9.17) is 0 Å². The summed E-state index contributed by atoms with van der Waals surface area (Å²) >= 11 is 0. The first-order valence-electron chi connectivity index (χ1n) is 8.07. The Labute approximate surface area is 147 Å². The van der Waals surface area contributed by atoms with E-state index in [-0.39, 0.29) is 5.91 Å². The molecule has 0 aliphatic carbocycles. The fraction of sp³-hybridized carbons (Fsp3) is 0.150. The van der Waals surface area contributed by atoms with Crippen molar-refractivity contribution in [3.63, 3.8) is 0 Å². The van der Waals surface area contributed by atoms with Gasteiger partial charge in [0.05, 0.1) is 5.69 Å². The van der Waals surface area contributed by atoms with Crippen molar-refractivity contribution in [2.45, 2.75) is 20.8 Å². The molecule has 0 spiro atoms. The highest BCUT2D eigenvalue weighted by atomic mass is 16.1. The van der Waals surface area contributed by atoms with E-state index < -0.39 is 0 Å². The maximum Gasteiger partial charge on any atom is 0.255 e. The smallest absolute Gasteiger partial charge is 0.255 e. The van der Waals surface area contributed by atoms with Gasteiger partial charge in [-0.25, -0.2) is 0 Å². The minimum atomic E-state index is -0.117. The van der Waals surface area contributed by atoms with E-state index in [0.29, 0.717) is 11.4 Å². The van der Waals surface area contributed by atoms with E-state index in [1.165, 1.54) is 5.56 Å². The molecule has 0 aliphatic rings. The quantitative estimate of drug-likeness (QED) is 0.743. The van der Waals surface area contributed by atoms with E-state index >= 15 is 0 Å². The molecule has 0 unspecified atom stereocenters. The van der Waals surface area contributed by atoms with Gasteiger partial charge in [-0.2, -0.15) is 5.10 Å². The van der Waals surface area contributed by atoms with Gasteiger partial charge in [-0.1, -0.05) is 6.07 Å². The number of hydrogen-bond donors (Lipinski definition) is 2. The van der Waals surface area contributed by atoms with Crippen LogP contribution in [-0.4, -0.2) is 16.1 Å². The summed E-state index contributed by atoms with van der Waals surface area (Å²) in [5.74, 6) is 0.561. The maximum absolute atomic E-state index is 12.3. The monoisotopic (exact) mass is 332 g/mol. The minimum Gasteiger partial charge on any atom is -0.339 e. The van der Waals surface area contributed by atoms with Gasteiger partial charge in [-0.3, -0.25) is 4.79 Å². The summed E-state index contributed by atoms with van der Waals surface area (Å²) in [6, 6.07) is 16.9. The van der Waals surface area contributed by atoms with Gasteiger partial charge in [0.1, 0.15) is 0 Å². The summed E-state index contributed by atoms with van der Waals surface area (Å²) < 4.78 is 0. The molecular formula is C20H20N4O. The Hall–Kier alpha value is -3.21. The van der Waals surface area contributed by atoms with Gasteiger partial charge >= 0.3 is 0 Å². The van der Waals surface area contributed by atoms with Crippen molar-refractivity contribution in [1.82, 2.24) is 10.2 Å². The Morgan fingerprint density at radius 3 is 2.16 bits per heavy atom. The molecule has 1 amide bonds. The summed E-state index contributed by atoms with van der Waals surface area (Å²) in [6.45, 7) is 5.92. The Kier molecular flexibility index (Phi) is 4.75. The van der Waals surface area contributed by atoms with Crippen LogP contribution in [0.1, 0.15) is 27.2 Å². The van der Waals surface area contributed by atoms with Crippen LogP contribution in [0.4, 0.5) is 17.2 Å². The Morgan fingerprint density at radius 1 is 0.800 bits per heavy atom. The summed E-state index contributed by atoms with van der Waals surface area (Å²) in [4.78, 5) is 12.3. The van der Waals surface area contributed by atoms with Gasteiger partial charge in [0.15, 0.2) is 5.82 Å². The van der Waals surface area contributed by atoms with E-state index in [2.05, 4.69) is 20.8 Å². The van der Waals surface area contributed by atoms with Crippen LogP contribution >= 0.6 is 0 Å². The number of hydrogen-bond acceptors (Lipinski definition) is 4. The third-order valence-corrected chi connectivity index (χ3v) is 3.98. The molecule has 25 heavy (non-hydrogen) atoms. The fourth-order valence-corrected chi connectivity index (χ4v) is 2.34. The Bertz CT molecular complexity index is 887. The zero-order valence-corrected chi connectivity index (χ0v) is 14.5. The Morgan fingerprint density at radius 2 is 1.52 bits per heavy atom. The highest BCUT2D eigenvalue weighted by Crippen LogP contribution is 2.18. The van der Waals surface area contributed by atoms with Gasteiger partial charge in [0.2, 0.25) is 0 Å². The first-order valence-corrected chi connectivity index (χ1v) is 8.07. The van der Waals surface area contributed by atoms with Gasteiger partial charge in [-0.15, -0.1) is 5.10 Å². The molecule has 0 fully saturated rings. The second kappa shape index (κ2) is 7.13. The van der Waals surface area contributed by atoms with Crippen LogP contribution in [0, 0.1) is 20.8 Å². The highest BCUT2D eigenvalue weighted by molar-refractivity contribution is 6.04. The summed E-state index contributed by atoms with van der Waals surface area (Å²) in [6.07, 6.45) is 0. The number of anilines is 3. The van der Waals surface area contributed by atoms with Gasteiger partial charge in [0.25, 0.3) is 5.91 Å². The number of nitrogens with one attached hydrogen (secondary N) is 2. The highest BCUT2D eigenvalue weighted by Gasteiger charge is 2.07. The molecule has 126 valence electrons. The van der Waals surface area contributed by atoms with E-state index in [0.717, 1.165) is 22.6 Å². The number of rotatable bonds is 4. The molecule has 2 N–H and O–H groups in total. The molecule has 2 aromatic carbocycles. The molecule has 0 aliphatic heterocycles. The summed E-state index contributed by atoms with van der Waals surface area (Å²) in [5, 5.41) is 14.2. The van der Waals surface area contributed by atoms with Crippen LogP contribution in [0.2, 0.25) is 0 Å². The fourth-order valence-electron chi connectivity index (χ4n) is 2.34. The topological polar surface area (TPSA) is 66.9 Å². The molecule has 5 nitrogen and oxygen atoms in total. The molecule has 0 saturated carbocycles. The third kappa shape index (κ3) is 4.20. The predicted octanol–water partition coefficient (Wildman–Crippen LogP) is 4.40. The number of nitrogens with zero attached hydrogens (tertiary/aromatic N) is 2. The second-order valence-corrected chi connectivity index (χ2v) is 6.02. The molecule has 0 radical (unpaired) electrons. The molecule has 5 heteroatoms. The summed E-state index contributed by atoms with van der Waals surface area (Å²) in [7, 11) is 0. The summed E-state index contributed by atoms with van der Waals surface area (Å²) in [5.41, 5.74) is 5.42. The standard InChI is InChI=1S/C20H20N4O/c1-13-4-6-16(12-14(13)2)20(25)22-18-9-7-17(8-10-18)21-19-11-5-15(3)23-24-19/h4-12H,1-3H3,(H,21,24)(H,22,25). The average Bonchev–Trinajstić information content (AvgIpc) is 2.61. The lowest BCUT2D eigenvalue weighted by atomic mass is 10.1. The van der Waals surface area contributed by atoms with Crippen LogP contribution in [-0.2, 0) is 0 Å². The normalized spacial score (nSPS) is 10.4. The first kappa shape index (κ1) is 16.6. The second-order valence-electron chi connectivity index (χ2n) is 6.02. The van der Waals surface area contributed by atoms with Crippen molar-refractivity contribution >= 4 is 23.1 Å². The number of carbonyl (C=O) groups is 1. The zero-order chi connectivity index (χ0) is 17.8. The van der Waals surface area contributed by atoms with Crippen LogP contribution in [0.3, 0.4) is 0 Å². The maximum atomic E-state index is 12.3. The van der Waals surface area contributed by atoms with Gasteiger partial charge in [0, 0.05) is 16.9 Å². The van der Waals surface area contributed by atoms with Gasteiger partial charge < -0.3 is 10.6 Å². The van der Waals surface area contributed by atoms with Crippen molar-refractivity contribution in [3.8, 4) is 0 Å². The molecule has 1 aromatic heterocycles. The minimum absolute atomic E-state index is 0.117. The van der Waals surface area contributed by atoms with Crippen molar-refractivity contribution in [1.29, 1.82) is 0 Å². The molecule has 1 heterocycles. The van der Waals surface area contributed by atoms with E-state index in [1.54, 1.807) is 0 Å². The van der Waals surface area contributed by atoms with Crippen LogP contribution in [0.15, 0.2) is 54.6 Å². The van der Waals surface area contributed by atoms with E-state index in [9.17, 15) is 4.79 Å². The Balaban J connectivity index is 1.66. The number of aromatic nitrogens is 2. The van der Waals surface area contributed by atoms with Crippen LogP contribution in [0.25, 0.3) is 0 Å². The van der Waals surface area contributed by atoms with Crippen molar-refractivity contribution < 1.29 is 4.79 Å². The predicted molar refractivity (Wildman–Crippen MR) is 100 cm³/mol. The largest absolute Gasteiger partial charge is 0.339 e. The van der Waals surface area contributed by atoms with Crippen molar-refractivity contribution in [2.24, 2.45) is 0 Å². The lowest BCUT2D eigenvalue weighted by Gasteiger charge is -2.09. The number of benzene rings is 2. The lowest BCUT2D eigenvalue weighted by molar-refractivity contribution is 0.102. The average molecular weight is 332 g/mol. The van der Waals surface area contributed by atoms with Crippen molar-refractivity contribution in [2.75, 3.05) is 10.6 Å². The SMILES string of the molecule is Cc1ccc(Nc2ccc(NC(=O)c3ccc(C)c(C)c3)cc2)nn1. The van der Waals surface area contributed by atoms with Crippen LogP contribution < -0.4 is 10.6 Å². The molecule has 0 bridgehead atoms. The molecule has 0 atom stereocenters. The van der Waals surface area contributed by atoms with Gasteiger partial charge in [-0.05, 0) is 80.4 Å². The van der Waals surface area contributed by atoms with E-state index in [1.807, 2.05) is 75.4 Å². The number of amides is 1. The molecule has 3 rings (SSSR count).